The minimum atomic E-state index is -1.03. The molecule has 8 aliphatic rings. The third-order valence-corrected chi connectivity index (χ3v) is 23.0. The molecule has 33 nitrogen and oxygen atoms in total. The molecular formula is C86H90F2N22O11. The van der Waals surface area contributed by atoms with E-state index in [1.165, 1.54) is 12.1 Å². The molecule has 2 unspecified atom stereocenters. The van der Waals surface area contributed by atoms with Gasteiger partial charge >= 0.3 is 5.97 Å². The predicted octanol–water partition coefficient (Wildman–Crippen LogP) is 6.74. The Balaban J connectivity index is 0.000000151. The Morgan fingerprint density at radius 2 is 0.917 bits per heavy atom. The molecule has 6 saturated heterocycles. The van der Waals surface area contributed by atoms with Crippen molar-refractivity contribution in [1.82, 2.24) is 74.7 Å². The molecule has 0 bridgehead atoms. The summed E-state index contributed by atoms with van der Waals surface area (Å²) < 4.78 is 31.7. The van der Waals surface area contributed by atoms with Gasteiger partial charge in [-0.25, -0.2) is 37.7 Å². The van der Waals surface area contributed by atoms with Gasteiger partial charge in [0.1, 0.15) is 58.4 Å². The molecule has 4 aromatic carbocycles. The number of fused-ring (bicyclic) bond motifs is 4. The number of nitrogens with two attached hydrogens (primary N) is 1. The van der Waals surface area contributed by atoms with Crippen molar-refractivity contribution in [1.29, 1.82) is 0 Å². The molecule has 10 aromatic rings. The van der Waals surface area contributed by atoms with Gasteiger partial charge in [0.15, 0.2) is 11.3 Å². The van der Waals surface area contributed by atoms with Gasteiger partial charge in [0.2, 0.25) is 29.5 Å². The summed E-state index contributed by atoms with van der Waals surface area (Å²) in [6.45, 7) is 9.51. The van der Waals surface area contributed by atoms with Crippen molar-refractivity contribution in [2.24, 2.45) is 5.73 Å². The summed E-state index contributed by atoms with van der Waals surface area (Å²) in [6, 6.07) is 41.3. The second-order valence-electron chi connectivity index (χ2n) is 30.8. The molecule has 14 heterocycles. The van der Waals surface area contributed by atoms with Crippen molar-refractivity contribution in [3.05, 3.63) is 203 Å². The first kappa shape index (κ1) is 81.2. The van der Waals surface area contributed by atoms with Gasteiger partial charge in [0.05, 0.1) is 71.2 Å². The highest BCUT2D eigenvalue weighted by molar-refractivity contribution is 6.26. The lowest BCUT2D eigenvalue weighted by Gasteiger charge is -2.35. The van der Waals surface area contributed by atoms with Gasteiger partial charge in [-0.3, -0.25) is 78.2 Å². The highest BCUT2D eigenvalue weighted by Gasteiger charge is 2.48. The fourth-order valence-corrected chi connectivity index (χ4v) is 17.0. The Morgan fingerprint density at radius 1 is 0.471 bits per heavy atom. The van der Waals surface area contributed by atoms with Crippen LogP contribution in [0.15, 0.2) is 158 Å². The van der Waals surface area contributed by atoms with E-state index >= 15 is 0 Å². The Morgan fingerprint density at radius 3 is 1.36 bits per heavy atom. The zero-order chi connectivity index (χ0) is 84.0. The molecule has 624 valence electrons. The zero-order valence-corrected chi connectivity index (χ0v) is 66.2. The van der Waals surface area contributed by atoms with Crippen molar-refractivity contribution in [3.63, 3.8) is 0 Å². The van der Waals surface area contributed by atoms with Crippen molar-refractivity contribution >= 4 is 105 Å². The van der Waals surface area contributed by atoms with Crippen LogP contribution in [-0.4, -0.2) is 240 Å². The van der Waals surface area contributed by atoms with E-state index in [0.717, 1.165) is 131 Å². The number of halogens is 2. The summed E-state index contributed by atoms with van der Waals surface area (Å²) in [6.07, 6.45) is 9.13. The number of imide groups is 4. The lowest BCUT2D eigenvalue weighted by molar-refractivity contribution is -0.139. The fraction of sp³-hybridized carbons (Fsp3) is 0.349. The SMILES string of the molecule is NCCCNc1cccc2c1C(=O)N(C1CCC(=O)NC1=O)C2=O.O=C(CN1CCN(c2cccc(-c3cnc4ccc(N5CCC[C@@H]5c5cccc(F)c5)nn34)n2)CC1)NCCCNc1cccc2c1C(=O)N(C1CCC(=O)NC1=O)C2=O.O=C(O)CN1CCN(c2cccc(-c3cnc4ccc(N5CCC[C@@H]5c5cccc(F)c5)nn34)n2)CC1. The Bertz CT molecular complexity index is 5670. The largest absolute Gasteiger partial charge is 0.480 e. The number of hydrogen-bond donors (Lipinski definition) is 7. The van der Waals surface area contributed by atoms with E-state index < -0.39 is 65.3 Å². The van der Waals surface area contributed by atoms with Gasteiger partial charge in [0.25, 0.3) is 23.6 Å². The molecule has 18 rings (SSSR count). The van der Waals surface area contributed by atoms with Gasteiger partial charge in [-0.1, -0.05) is 48.5 Å². The number of benzene rings is 4. The molecule has 4 atom stereocenters. The normalized spacial score (nSPS) is 19.4. The van der Waals surface area contributed by atoms with Gasteiger partial charge < -0.3 is 46.4 Å². The van der Waals surface area contributed by atoms with E-state index in [0.29, 0.717) is 88.9 Å². The van der Waals surface area contributed by atoms with Crippen LogP contribution in [0.4, 0.5) is 43.4 Å². The number of carboxylic acid groups (broad SMARTS) is 1. The first-order valence-electron chi connectivity index (χ1n) is 40.8. The molecule has 0 saturated carbocycles. The molecule has 6 aromatic heterocycles. The van der Waals surface area contributed by atoms with Gasteiger partial charge in [-0.05, 0) is 166 Å². The van der Waals surface area contributed by atoms with Crippen LogP contribution in [-0.2, 0) is 28.8 Å². The number of amides is 9. The Kier molecular flexibility index (Phi) is 24.1. The predicted molar refractivity (Wildman–Crippen MR) is 443 cm³/mol. The number of imidazole rings is 2. The maximum absolute atomic E-state index is 14.1. The quantitative estimate of drug-likeness (QED) is 0.0257. The number of carbonyl (C=O) groups excluding carboxylic acids is 9. The van der Waals surface area contributed by atoms with E-state index in [1.807, 2.05) is 86.7 Å². The summed E-state index contributed by atoms with van der Waals surface area (Å²) in [5, 5.41) is 32.7. The van der Waals surface area contributed by atoms with Crippen molar-refractivity contribution in [2.75, 3.05) is 135 Å². The topological polar surface area (TPSA) is 389 Å². The minimum Gasteiger partial charge on any atom is -0.480 e. The van der Waals surface area contributed by atoms with Crippen LogP contribution in [0.5, 0.6) is 0 Å². The lowest BCUT2D eigenvalue weighted by atomic mass is 10.0. The average Bonchev–Trinajstić information content (AvgIpc) is 1.61. The van der Waals surface area contributed by atoms with Crippen LogP contribution in [0, 0.1) is 11.6 Å². The smallest absolute Gasteiger partial charge is 0.317 e. The van der Waals surface area contributed by atoms with E-state index in [4.69, 9.17) is 31.0 Å². The van der Waals surface area contributed by atoms with E-state index in [9.17, 15) is 56.7 Å². The third-order valence-electron chi connectivity index (χ3n) is 23.0. The molecular weight excluding hydrogens is 1560 g/mol. The molecule has 35 heteroatoms. The molecule has 0 spiro atoms. The van der Waals surface area contributed by atoms with Crippen LogP contribution in [0.25, 0.3) is 34.1 Å². The van der Waals surface area contributed by atoms with Crippen molar-refractivity contribution in [3.8, 4) is 22.8 Å². The summed E-state index contributed by atoms with van der Waals surface area (Å²) >= 11 is 0. The number of anilines is 6. The number of rotatable bonds is 23. The number of carbonyl (C=O) groups is 10. The monoisotopic (exact) mass is 1640 g/mol. The van der Waals surface area contributed by atoms with Crippen molar-refractivity contribution in [2.45, 2.75) is 88.4 Å². The molecule has 0 aliphatic carbocycles. The summed E-state index contributed by atoms with van der Waals surface area (Å²) in [7, 11) is 0. The number of nitrogens with one attached hydrogen (secondary N) is 5. The van der Waals surface area contributed by atoms with Gasteiger partial charge in [-0.2, -0.15) is 0 Å². The number of nitrogens with zero attached hydrogens (tertiary/aromatic N) is 16. The van der Waals surface area contributed by atoms with Crippen LogP contribution in [0.1, 0.15) is 129 Å². The zero-order valence-electron chi connectivity index (χ0n) is 66.2. The Labute approximate surface area is 693 Å². The van der Waals surface area contributed by atoms with Gasteiger partial charge in [-0.15, -0.1) is 10.2 Å². The molecule has 9 amide bonds. The minimum absolute atomic E-state index is 0.0422. The standard InChI is InChI=1S/C43H44FN11O5.C27H28FN7O2.C16H18N4O4/c44-28-7-1-6-27(24-28)32-11-4-19-53(32)37-15-14-35-47-25-34(55(35)50-37)30-9-3-12-36(48-30)52-22-20-51(21-23-52)26-39(57)46-18-5-17-45-31-10-2-8-29-40(31)43(60)54(42(29)59)33-13-16-38(56)49-41(33)58;28-20-5-1-4-19(16-20)22-7-3-11-34(22)26-10-9-24-29-17-23(35(24)31-26)21-6-2-8-25(30-21)33-14-12-32(13-15-33)18-27(36)37;17-7-2-8-18-10-4-1-3-9-13(10)16(24)20(15(9)23)11-5-6-12(21)19-14(11)22/h1-3,6-10,12,14-15,24-25,32-33,45H,4-5,11,13,16-23,26H2,(H,46,57)(H,49,56,58);1-2,4-6,8-10,16-17,22H,3,7,11-15,18H2,(H,36,37);1,3-4,11,18H,2,5-8,17H2,(H,19,21,22)/t32-,33?;22-;/m11./s1. The summed E-state index contributed by atoms with van der Waals surface area (Å²) in [5.41, 5.74) is 13.9. The summed E-state index contributed by atoms with van der Waals surface area (Å²) in [5.74, 6) is -2.27. The molecule has 6 fully saturated rings. The van der Waals surface area contributed by atoms with Crippen LogP contribution in [0.3, 0.4) is 0 Å². The number of aromatic nitrogens is 8. The first-order chi connectivity index (χ1) is 58.8. The summed E-state index contributed by atoms with van der Waals surface area (Å²) in [4.78, 5) is 157. The molecule has 8 N–H and O–H groups in total. The number of piperidine rings is 2. The van der Waals surface area contributed by atoms with E-state index in [-0.39, 0.29) is 90.7 Å². The molecule has 121 heavy (non-hydrogen) atoms. The Hall–Kier alpha value is -13.5. The maximum atomic E-state index is 14.1. The van der Waals surface area contributed by atoms with Crippen molar-refractivity contribution < 1.29 is 61.8 Å². The van der Waals surface area contributed by atoms with E-state index in [1.54, 1.807) is 73.1 Å². The number of hydrogen-bond acceptors (Lipinski definition) is 25. The first-order valence-corrected chi connectivity index (χ1v) is 40.8. The third kappa shape index (κ3) is 17.5. The highest BCUT2D eigenvalue weighted by atomic mass is 19.1. The second kappa shape index (κ2) is 36.0. The number of carboxylic acids is 1. The van der Waals surface area contributed by atoms with Crippen LogP contribution >= 0.6 is 0 Å². The van der Waals surface area contributed by atoms with Gasteiger partial charge in [0, 0.05) is 109 Å². The van der Waals surface area contributed by atoms with E-state index in [2.05, 4.69) is 61.1 Å². The van der Waals surface area contributed by atoms with Crippen LogP contribution < -0.4 is 51.9 Å². The highest BCUT2D eigenvalue weighted by Crippen LogP contribution is 2.40. The molecule has 8 aliphatic heterocycles. The number of pyridine rings is 2. The molecule has 0 radical (unpaired) electrons. The number of piperazine rings is 2. The average molecular weight is 1650 g/mol. The lowest BCUT2D eigenvalue weighted by Crippen LogP contribution is -2.54. The maximum Gasteiger partial charge on any atom is 0.317 e. The second-order valence-corrected chi connectivity index (χ2v) is 30.8. The fourth-order valence-electron chi connectivity index (χ4n) is 17.0. The number of aliphatic carboxylic acids is 1. The van der Waals surface area contributed by atoms with Crippen LogP contribution in [0.2, 0.25) is 0 Å².